The fourth-order valence-corrected chi connectivity index (χ4v) is 5.79. The summed E-state index contributed by atoms with van der Waals surface area (Å²) in [6, 6.07) is 22.4. The van der Waals surface area contributed by atoms with E-state index in [-0.39, 0.29) is 4.90 Å². The van der Waals surface area contributed by atoms with Gasteiger partial charge in [0.05, 0.1) is 21.3 Å². The normalized spacial score (nSPS) is 11.4. The average molecular weight is 513 g/mol. The summed E-state index contributed by atoms with van der Waals surface area (Å²) in [4.78, 5) is 13.2. The third kappa shape index (κ3) is 4.75. The zero-order valence-corrected chi connectivity index (χ0v) is 20.9. The van der Waals surface area contributed by atoms with Crippen molar-refractivity contribution in [2.75, 3.05) is 16.2 Å². The fourth-order valence-electron chi connectivity index (χ4n) is 3.76. The van der Waals surface area contributed by atoms with Crippen molar-refractivity contribution < 1.29 is 13.2 Å². The molecule has 0 bridgehead atoms. The number of benzene rings is 4. The summed E-state index contributed by atoms with van der Waals surface area (Å²) in [6.07, 6.45) is 0. The number of nitrogens with one attached hydrogen (secondary N) is 1. The first-order chi connectivity index (χ1) is 16.2. The second-order valence-electron chi connectivity index (χ2n) is 7.88. The van der Waals surface area contributed by atoms with Crippen LogP contribution in [0.1, 0.15) is 11.1 Å². The van der Waals surface area contributed by atoms with Crippen LogP contribution in [0.5, 0.6) is 0 Å². The molecule has 0 atom stereocenters. The topological polar surface area (TPSA) is 66.5 Å². The molecule has 0 radical (unpaired) electrons. The van der Waals surface area contributed by atoms with Gasteiger partial charge in [-0.05, 0) is 60.7 Å². The first-order valence-electron chi connectivity index (χ1n) is 10.5. The molecule has 4 aromatic rings. The van der Waals surface area contributed by atoms with E-state index >= 15 is 0 Å². The van der Waals surface area contributed by atoms with Crippen molar-refractivity contribution in [3.8, 4) is 0 Å². The van der Waals surface area contributed by atoms with Crippen molar-refractivity contribution in [2.24, 2.45) is 0 Å². The van der Waals surface area contributed by atoms with Gasteiger partial charge in [0.25, 0.3) is 10.0 Å². The quantitative estimate of drug-likeness (QED) is 0.316. The predicted octanol–water partition coefficient (Wildman–Crippen LogP) is 6.60. The Bertz CT molecular complexity index is 1500. The molecule has 4 rings (SSSR count). The molecule has 5 nitrogen and oxygen atoms in total. The number of hydrogen-bond acceptors (Lipinski definition) is 3. The second-order valence-corrected chi connectivity index (χ2v) is 10.6. The molecule has 0 aliphatic rings. The second kappa shape index (κ2) is 9.66. The minimum absolute atomic E-state index is 0.125. The number of nitrogens with zero attached hydrogens (tertiary/aromatic N) is 1. The van der Waals surface area contributed by atoms with Crippen LogP contribution in [0.2, 0.25) is 10.0 Å². The minimum Gasteiger partial charge on any atom is -0.323 e. The lowest BCUT2D eigenvalue weighted by molar-refractivity contribution is -0.114. The molecule has 0 saturated heterocycles. The number of halogens is 2. The van der Waals surface area contributed by atoms with Crippen LogP contribution in [0.4, 0.5) is 11.4 Å². The van der Waals surface area contributed by atoms with Crippen LogP contribution in [0.15, 0.2) is 83.8 Å². The summed E-state index contributed by atoms with van der Waals surface area (Å²) in [6.45, 7) is 3.29. The molecule has 0 aliphatic carbocycles. The van der Waals surface area contributed by atoms with Gasteiger partial charge in [0.1, 0.15) is 6.54 Å². The Morgan fingerprint density at radius 3 is 2.41 bits per heavy atom. The number of sulfonamides is 1. The molecule has 0 aliphatic heterocycles. The standard InChI is InChI=1S/C26H22Cl2N2O3S/c1-17-7-5-11-24(18(17)2)30(16-26(31)29-23-15-20(27)13-14-22(23)28)34(32,33)25-12-6-9-19-8-3-4-10-21(19)25/h3-15H,16H2,1-2H3,(H,29,31). The Hall–Kier alpha value is -3.06. The third-order valence-electron chi connectivity index (χ3n) is 5.65. The molecular formula is C26H22Cl2N2O3S. The molecule has 0 unspecified atom stereocenters. The van der Waals surface area contributed by atoms with Crippen LogP contribution >= 0.6 is 23.2 Å². The number of rotatable bonds is 6. The molecule has 4 aromatic carbocycles. The van der Waals surface area contributed by atoms with Crippen LogP contribution in [0.25, 0.3) is 10.8 Å². The highest BCUT2D eigenvalue weighted by Crippen LogP contribution is 2.32. The van der Waals surface area contributed by atoms with E-state index in [2.05, 4.69) is 5.32 Å². The molecular weight excluding hydrogens is 491 g/mol. The van der Waals surface area contributed by atoms with Crippen LogP contribution in [-0.4, -0.2) is 20.9 Å². The van der Waals surface area contributed by atoms with Crippen LogP contribution in [0.3, 0.4) is 0 Å². The largest absolute Gasteiger partial charge is 0.323 e. The lowest BCUT2D eigenvalue weighted by atomic mass is 10.1. The molecule has 0 fully saturated rings. The van der Waals surface area contributed by atoms with Gasteiger partial charge in [-0.1, -0.05) is 71.7 Å². The van der Waals surface area contributed by atoms with Gasteiger partial charge in [0.2, 0.25) is 5.91 Å². The summed E-state index contributed by atoms with van der Waals surface area (Å²) in [5.74, 6) is -0.547. The smallest absolute Gasteiger partial charge is 0.265 e. The van der Waals surface area contributed by atoms with Gasteiger partial charge in [-0.2, -0.15) is 0 Å². The van der Waals surface area contributed by atoms with E-state index in [0.717, 1.165) is 20.8 Å². The number of carbonyl (C=O) groups is 1. The van der Waals surface area contributed by atoms with Crippen LogP contribution in [-0.2, 0) is 14.8 Å². The van der Waals surface area contributed by atoms with Crippen LogP contribution in [0, 0.1) is 13.8 Å². The van der Waals surface area contributed by atoms with Gasteiger partial charge in [0, 0.05) is 10.4 Å². The number of fused-ring (bicyclic) bond motifs is 1. The van der Waals surface area contributed by atoms with E-state index in [1.807, 2.05) is 38.1 Å². The van der Waals surface area contributed by atoms with E-state index in [9.17, 15) is 13.2 Å². The minimum atomic E-state index is -4.11. The molecule has 1 N–H and O–H groups in total. The predicted molar refractivity (Wildman–Crippen MR) is 139 cm³/mol. The first kappa shape index (κ1) is 24.1. The summed E-state index contributed by atoms with van der Waals surface area (Å²) in [7, 11) is -4.11. The first-order valence-corrected chi connectivity index (χ1v) is 12.7. The number of anilines is 2. The SMILES string of the molecule is Cc1cccc(N(CC(=O)Nc2cc(Cl)ccc2Cl)S(=O)(=O)c2cccc3ccccc23)c1C. The molecule has 1 amide bonds. The Kier molecular flexibility index (Phi) is 6.84. The molecule has 8 heteroatoms. The van der Waals surface area contributed by atoms with E-state index in [4.69, 9.17) is 23.2 Å². The lowest BCUT2D eigenvalue weighted by Crippen LogP contribution is -2.38. The average Bonchev–Trinajstić information content (AvgIpc) is 2.81. The maximum Gasteiger partial charge on any atom is 0.265 e. The van der Waals surface area contributed by atoms with Gasteiger partial charge in [-0.25, -0.2) is 8.42 Å². The number of hydrogen-bond donors (Lipinski definition) is 1. The van der Waals surface area contributed by atoms with E-state index in [1.165, 1.54) is 6.07 Å². The van der Waals surface area contributed by atoms with Gasteiger partial charge in [-0.15, -0.1) is 0 Å². The van der Waals surface area contributed by atoms with Gasteiger partial charge in [0.15, 0.2) is 0 Å². The molecule has 0 aromatic heterocycles. The number of amides is 1. The monoisotopic (exact) mass is 512 g/mol. The summed E-state index contributed by atoms with van der Waals surface area (Å²) >= 11 is 12.2. The maximum atomic E-state index is 14.0. The number of aryl methyl sites for hydroxylation is 1. The van der Waals surface area contributed by atoms with E-state index in [0.29, 0.717) is 26.8 Å². The molecule has 0 heterocycles. The van der Waals surface area contributed by atoms with Crippen molar-refractivity contribution in [2.45, 2.75) is 18.7 Å². The highest BCUT2D eigenvalue weighted by Gasteiger charge is 2.30. The highest BCUT2D eigenvalue weighted by molar-refractivity contribution is 7.93. The molecule has 0 saturated carbocycles. The van der Waals surface area contributed by atoms with Crippen molar-refractivity contribution in [3.63, 3.8) is 0 Å². The van der Waals surface area contributed by atoms with Gasteiger partial charge < -0.3 is 5.32 Å². The third-order valence-corrected chi connectivity index (χ3v) is 8.03. The summed E-state index contributed by atoms with van der Waals surface area (Å²) in [5, 5.41) is 4.75. The number of carbonyl (C=O) groups excluding carboxylic acids is 1. The zero-order chi connectivity index (χ0) is 24.5. The molecule has 174 valence electrons. The maximum absolute atomic E-state index is 14.0. The lowest BCUT2D eigenvalue weighted by Gasteiger charge is -2.27. The Morgan fingerprint density at radius 1 is 0.912 bits per heavy atom. The molecule has 0 spiro atoms. The zero-order valence-electron chi connectivity index (χ0n) is 18.5. The Morgan fingerprint density at radius 2 is 1.62 bits per heavy atom. The van der Waals surface area contributed by atoms with E-state index in [1.54, 1.807) is 48.5 Å². The fraction of sp³-hybridized carbons (Fsp3) is 0.115. The van der Waals surface area contributed by atoms with Crippen molar-refractivity contribution in [1.29, 1.82) is 0 Å². The van der Waals surface area contributed by atoms with Gasteiger partial charge >= 0.3 is 0 Å². The van der Waals surface area contributed by atoms with Crippen molar-refractivity contribution >= 4 is 61.3 Å². The summed E-state index contributed by atoms with van der Waals surface area (Å²) in [5.41, 5.74) is 2.41. The Balaban J connectivity index is 1.81. The summed E-state index contributed by atoms with van der Waals surface area (Å²) < 4.78 is 29.2. The molecule has 34 heavy (non-hydrogen) atoms. The van der Waals surface area contributed by atoms with Crippen molar-refractivity contribution in [1.82, 2.24) is 0 Å². The van der Waals surface area contributed by atoms with Crippen LogP contribution < -0.4 is 9.62 Å². The van der Waals surface area contributed by atoms with Gasteiger partial charge in [-0.3, -0.25) is 9.10 Å². The van der Waals surface area contributed by atoms with Crippen molar-refractivity contribution in [3.05, 3.63) is 100 Å². The Labute approximate surface area is 209 Å². The van der Waals surface area contributed by atoms with E-state index < -0.39 is 22.5 Å². The highest BCUT2D eigenvalue weighted by atomic mass is 35.5.